The fourth-order valence-corrected chi connectivity index (χ4v) is 1.96. The number of aryl methyl sites for hydroxylation is 1. The minimum absolute atomic E-state index is 0.612. The molecule has 3 heteroatoms. The van der Waals surface area contributed by atoms with E-state index < -0.39 is 0 Å². The van der Waals surface area contributed by atoms with Crippen LogP contribution in [0.1, 0.15) is 24.8 Å². The average Bonchev–Trinajstić information content (AvgIpc) is 2.28. The maximum atomic E-state index is 4.29. The minimum atomic E-state index is 0.612. The van der Waals surface area contributed by atoms with Crippen LogP contribution in [0.3, 0.4) is 0 Å². The van der Waals surface area contributed by atoms with Crippen molar-refractivity contribution in [2.24, 2.45) is 0 Å². The number of anilines is 1. The molecule has 1 fully saturated rings. The van der Waals surface area contributed by atoms with Crippen LogP contribution in [0, 0.1) is 6.92 Å². The molecule has 1 aliphatic heterocycles. The summed E-state index contributed by atoms with van der Waals surface area (Å²) >= 11 is 0. The van der Waals surface area contributed by atoms with Crippen LogP contribution in [0.5, 0.6) is 0 Å². The highest BCUT2D eigenvalue weighted by Gasteiger charge is 2.11. The third-order valence-electron chi connectivity index (χ3n) is 2.86. The Morgan fingerprint density at radius 1 is 1.53 bits per heavy atom. The molecular formula is C12H19N3. The molecule has 1 unspecified atom stereocenters. The molecule has 2 heterocycles. The van der Waals surface area contributed by atoms with Crippen LogP contribution in [0.2, 0.25) is 0 Å². The summed E-state index contributed by atoms with van der Waals surface area (Å²) in [5.41, 5.74) is 1.25. The Balaban J connectivity index is 1.81. The molecule has 1 aromatic rings. The molecule has 0 aliphatic carbocycles. The van der Waals surface area contributed by atoms with Crippen molar-refractivity contribution in [1.29, 1.82) is 0 Å². The lowest BCUT2D eigenvalue weighted by atomic mass is 10.1. The van der Waals surface area contributed by atoms with Crippen LogP contribution >= 0.6 is 0 Å². The first-order chi connectivity index (χ1) is 7.34. The van der Waals surface area contributed by atoms with E-state index in [0.29, 0.717) is 6.04 Å². The Morgan fingerprint density at radius 3 is 3.20 bits per heavy atom. The quantitative estimate of drug-likeness (QED) is 0.792. The van der Waals surface area contributed by atoms with Crippen molar-refractivity contribution < 1.29 is 0 Å². The molecule has 3 nitrogen and oxygen atoms in total. The molecule has 0 saturated carbocycles. The van der Waals surface area contributed by atoms with Crippen molar-refractivity contribution in [2.75, 3.05) is 18.4 Å². The molecule has 1 atom stereocenters. The molecule has 1 saturated heterocycles. The van der Waals surface area contributed by atoms with Crippen molar-refractivity contribution >= 4 is 5.82 Å². The standard InChI is InChI=1S/C12H19N3/c1-10-5-7-14-12(8-10)15-9-11-4-2-3-6-13-11/h5,7-8,11,13H,2-4,6,9H2,1H3,(H,14,15). The summed E-state index contributed by atoms with van der Waals surface area (Å²) in [7, 11) is 0. The number of rotatable bonds is 3. The summed E-state index contributed by atoms with van der Waals surface area (Å²) in [4.78, 5) is 4.29. The summed E-state index contributed by atoms with van der Waals surface area (Å²) < 4.78 is 0. The molecule has 15 heavy (non-hydrogen) atoms. The molecule has 2 rings (SSSR count). The molecule has 0 bridgehead atoms. The molecule has 0 aromatic carbocycles. The van der Waals surface area contributed by atoms with E-state index in [1.54, 1.807) is 0 Å². The molecule has 2 N–H and O–H groups in total. The van der Waals surface area contributed by atoms with Crippen molar-refractivity contribution in [1.82, 2.24) is 10.3 Å². The third-order valence-corrected chi connectivity index (χ3v) is 2.86. The van der Waals surface area contributed by atoms with E-state index in [-0.39, 0.29) is 0 Å². The van der Waals surface area contributed by atoms with Gasteiger partial charge in [0.2, 0.25) is 0 Å². The van der Waals surface area contributed by atoms with Crippen LogP contribution in [0.4, 0.5) is 5.82 Å². The molecule has 1 aromatic heterocycles. The predicted octanol–water partition coefficient (Wildman–Crippen LogP) is 1.94. The molecule has 1 aliphatic rings. The number of hydrogen-bond donors (Lipinski definition) is 2. The Morgan fingerprint density at radius 2 is 2.47 bits per heavy atom. The van der Waals surface area contributed by atoms with Crippen molar-refractivity contribution in [3.8, 4) is 0 Å². The van der Waals surface area contributed by atoms with E-state index in [1.165, 1.54) is 24.8 Å². The maximum Gasteiger partial charge on any atom is 0.126 e. The average molecular weight is 205 g/mol. The summed E-state index contributed by atoms with van der Waals surface area (Å²) in [6.07, 6.45) is 5.80. The van der Waals surface area contributed by atoms with E-state index in [2.05, 4.69) is 28.6 Å². The summed E-state index contributed by atoms with van der Waals surface area (Å²) in [5, 5.41) is 6.90. The number of hydrogen-bond acceptors (Lipinski definition) is 3. The lowest BCUT2D eigenvalue weighted by Crippen LogP contribution is -2.39. The zero-order chi connectivity index (χ0) is 10.5. The second-order valence-electron chi connectivity index (χ2n) is 4.25. The second kappa shape index (κ2) is 5.12. The van der Waals surface area contributed by atoms with E-state index in [9.17, 15) is 0 Å². The minimum Gasteiger partial charge on any atom is -0.369 e. The Labute approximate surface area is 91.3 Å². The van der Waals surface area contributed by atoms with E-state index in [1.807, 2.05) is 12.3 Å². The second-order valence-corrected chi connectivity index (χ2v) is 4.25. The highest BCUT2D eigenvalue weighted by Crippen LogP contribution is 2.09. The van der Waals surface area contributed by atoms with Gasteiger partial charge >= 0.3 is 0 Å². The maximum absolute atomic E-state index is 4.29. The summed E-state index contributed by atoms with van der Waals surface area (Å²) in [6, 6.07) is 4.72. The Kier molecular flexibility index (Phi) is 3.56. The number of aromatic nitrogens is 1. The van der Waals surface area contributed by atoms with Gasteiger partial charge in [0.25, 0.3) is 0 Å². The first-order valence-corrected chi connectivity index (χ1v) is 5.74. The van der Waals surface area contributed by atoms with Crippen molar-refractivity contribution in [2.45, 2.75) is 32.2 Å². The van der Waals surface area contributed by atoms with Crippen LogP contribution in [-0.2, 0) is 0 Å². The molecule has 0 spiro atoms. The van der Waals surface area contributed by atoms with E-state index in [4.69, 9.17) is 0 Å². The van der Waals surface area contributed by atoms with Crippen LogP contribution in [0.25, 0.3) is 0 Å². The highest BCUT2D eigenvalue weighted by molar-refractivity contribution is 5.37. The van der Waals surface area contributed by atoms with Gasteiger partial charge in [0.05, 0.1) is 0 Å². The third kappa shape index (κ3) is 3.20. The lowest BCUT2D eigenvalue weighted by Gasteiger charge is -2.23. The van der Waals surface area contributed by atoms with Gasteiger partial charge in [0.15, 0.2) is 0 Å². The van der Waals surface area contributed by atoms with Gasteiger partial charge in [-0.3, -0.25) is 0 Å². The first-order valence-electron chi connectivity index (χ1n) is 5.74. The lowest BCUT2D eigenvalue weighted by molar-refractivity contribution is 0.414. The zero-order valence-electron chi connectivity index (χ0n) is 9.29. The molecule has 0 amide bonds. The van der Waals surface area contributed by atoms with Crippen LogP contribution < -0.4 is 10.6 Å². The predicted molar refractivity (Wildman–Crippen MR) is 63.1 cm³/mol. The van der Waals surface area contributed by atoms with E-state index in [0.717, 1.165) is 18.9 Å². The van der Waals surface area contributed by atoms with Gasteiger partial charge in [-0.1, -0.05) is 6.42 Å². The SMILES string of the molecule is Cc1ccnc(NCC2CCCCN2)c1. The van der Waals surface area contributed by atoms with Crippen molar-refractivity contribution in [3.05, 3.63) is 23.9 Å². The largest absolute Gasteiger partial charge is 0.369 e. The summed E-state index contributed by atoms with van der Waals surface area (Å²) in [5.74, 6) is 0.988. The zero-order valence-corrected chi connectivity index (χ0v) is 9.29. The number of piperidine rings is 1. The van der Waals surface area contributed by atoms with Gasteiger partial charge in [-0.25, -0.2) is 4.98 Å². The summed E-state index contributed by atoms with van der Waals surface area (Å²) in [6.45, 7) is 4.23. The van der Waals surface area contributed by atoms with E-state index >= 15 is 0 Å². The highest BCUT2D eigenvalue weighted by atomic mass is 15.0. The topological polar surface area (TPSA) is 37.0 Å². The Hall–Kier alpha value is -1.09. The first kappa shape index (κ1) is 10.4. The van der Waals surface area contributed by atoms with Crippen LogP contribution in [0.15, 0.2) is 18.3 Å². The van der Waals surface area contributed by atoms with Gasteiger partial charge in [0.1, 0.15) is 5.82 Å². The fourth-order valence-electron chi connectivity index (χ4n) is 1.96. The number of nitrogens with one attached hydrogen (secondary N) is 2. The van der Waals surface area contributed by atoms with Crippen LogP contribution in [-0.4, -0.2) is 24.1 Å². The molecule has 0 radical (unpaired) electrons. The monoisotopic (exact) mass is 205 g/mol. The molecule has 82 valence electrons. The smallest absolute Gasteiger partial charge is 0.126 e. The normalized spacial score (nSPS) is 21.3. The van der Waals surface area contributed by atoms with Gasteiger partial charge in [-0.2, -0.15) is 0 Å². The van der Waals surface area contributed by atoms with Crippen molar-refractivity contribution in [3.63, 3.8) is 0 Å². The van der Waals surface area contributed by atoms with Gasteiger partial charge in [-0.05, 0) is 44.0 Å². The van der Waals surface area contributed by atoms with Gasteiger partial charge in [-0.15, -0.1) is 0 Å². The Bertz CT molecular complexity index is 305. The number of nitrogens with zero attached hydrogens (tertiary/aromatic N) is 1. The number of pyridine rings is 1. The van der Waals surface area contributed by atoms with Gasteiger partial charge in [0, 0.05) is 18.8 Å². The van der Waals surface area contributed by atoms with Gasteiger partial charge < -0.3 is 10.6 Å². The molecular weight excluding hydrogens is 186 g/mol. The fraction of sp³-hybridized carbons (Fsp3) is 0.583.